The predicted molar refractivity (Wildman–Crippen MR) is 69.7 cm³/mol. The summed E-state index contributed by atoms with van der Waals surface area (Å²) in [5, 5.41) is 0. The fourth-order valence-electron chi connectivity index (χ4n) is 2.42. The zero-order chi connectivity index (χ0) is 13.7. The largest absolute Gasteiger partial charge is 0.343 e. The van der Waals surface area contributed by atoms with Crippen molar-refractivity contribution in [2.75, 3.05) is 13.1 Å². The summed E-state index contributed by atoms with van der Waals surface area (Å²) in [5.41, 5.74) is 0.669. The van der Waals surface area contributed by atoms with Gasteiger partial charge in [0.2, 0.25) is 5.91 Å². The Morgan fingerprint density at radius 3 is 2.37 bits per heavy atom. The highest BCUT2D eigenvalue weighted by Gasteiger charge is 2.15. The molecule has 1 aromatic rings. The maximum absolute atomic E-state index is 13.0. The van der Waals surface area contributed by atoms with Gasteiger partial charge in [0.1, 0.15) is 0 Å². The maximum Gasteiger partial charge on any atom is 0.222 e. The molecule has 2 nitrogen and oxygen atoms in total. The number of hydrogen-bond donors (Lipinski definition) is 0. The standard InChI is InChI=1S/C15H19F2NO/c16-13-7-5-12(11-14(13)17)6-8-15(19)18-9-3-1-2-4-10-18/h5,7,11H,1-4,6,8-10H2. The molecule has 0 saturated carbocycles. The Balaban J connectivity index is 1.86. The predicted octanol–water partition coefficient (Wildman–Crippen LogP) is 3.30. The minimum Gasteiger partial charge on any atom is -0.343 e. The van der Waals surface area contributed by atoms with Gasteiger partial charge in [-0.1, -0.05) is 18.9 Å². The summed E-state index contributed by atoms with van der Waals surface area (Å²) in [6.45, 7) is 1.66. The van der Waals surface area contributed by atoms with Crippen molar-refractivity contribution in [1.82, 2.24) is 4.90 Å². The molecule has 4 heteroatoms. The number of aryl methyl sites for hydroxylation is 1. The van der Waals surface area contributed by atoms with Crippen LogP contribution >= 0.6 is 0 Å². The van der Waals surface area contributed by atoms with Crippen LogP contribution < -0.4 is 0 Å². The van der Waals surface area contributed by atoms with Crippen LogP contribution in [-0.4, -0.2) is 23.9 Å². The molecule has 104 valence electrons. The van der Waals surface area contributed by atoms with E-state index in [-0.39, 0.29) is 5.91 Å². The fourth-order valence-corrected chi connectivity index (χ4v) is 2.42. The molecule has 0 aromatic heterocycles. The van der Waals surface area contributed by atoms with Crippen LogP contribution in [0.15, 0.2) is 18.2 Å². The van der Waals surface area contributed by atoms with E-state index < -0.39 is 11.6 Å². The highest BCUT2D eigenvalue weighted by molar-refractivity contribution is 5.76. The van der Waals surface area contributed by atoms with E-state index in [1.807, 2.05) is 4.90 Å². The first-order chi connectivity index (χ1) is 9.16. The van der Waals surface area contributed by atoms with E-state index in [1.165, 1.54) is 25.0 Å². The summed E-state index contributed by atoms with van der Waals surface area (Å²) >= 11 is 0. The van der Waals surface area contributed by atoms with Crippen LogP contribution in [0.2, 0.25) is 0 Å². The third-order valence-electron chi connectivity index (χ3n) is 3.57. The van der Waals surface area contributed by atoms with Crippen molar-refractivity contribution < 1.29 is 13.6 Å². The Hall–Kier alpha value is -1.45. The number of nitrogens with zero attached hydrogens (tertiary/aromatic N) is 1. The van der Waals surface area contributed by atoms with Crippen molar-refractivity contribution in [3.05, 3.63) is 35.4 Å². The molecule has 1 aromatic carbocycles. The van der Waals surface area contributed by atoms with Gasteiger partial charge in [0.05, 0.1) is 0 Å². The van der Waals surface area contributed by atoms with E-state index in [2.05, 4.69) is 0 Å². The van der Waals surface area contributed by atoms with Crippen LogP contribution in [0.1, 0.15) is 37.7 Å². The Kier molecular flexibility index (Phi) is 4.88. The number of likely N-dealkylation sites (tertiary alicyclic amines) is 1. The van der Waals surface area contributed by atoms with Gasteiger partial charge in [-0.15, -0.1) is 0 Å². The minimum atomic E-state index is -0.847. The molecule has 1 aliphatic heterocycles. The van der Waals surface area contributed by atoms with Gasteiger partial charge < -0.3 is 4.90 Å². The molecule has 0 N–H and O–H groups in total. The Morgan fingerprint density at radius 1 is 1.05 bits per heavy atom. The molecule has 1 saturated heterocycles. The van der Waals surface area contributed by atoms with Gasteiger partial charge in [-0.2, -0.15) is 0 Å². The Morgan fingerprint density at radius 2 is 1.74 bits per heavy atom. The van der Waals surface area contributed by atoms with Crippen molar-refractivity contribution >= 4 is 5.91 Å². The van der Waals surface area contributed by atoms with E-state index in [0.717, 1.165) is 32.0 Å². The summed E-state index contributed by atoms with van der Waals surface area (Å²) < 4.78 is 25.8. The van der Waals surface area contributed by atoms with Crippen molar-refractivity contribution in [1.29, 1.82) is 0 Å². The lowest BCUT2D eigenvalue weighted by Crippen LogP contribution is -2.31. The van der Waals surface area contributed by atoms with Crippen molar-refractivity contribution in [2.24, 2.45) is 0 Å². The van der Waals surface area contributed by atoms with E-state index in [1.54, 1.807) is 0 Å². The summed E-state index contributed by atoms with van der Waals surface area (Å²) in [6.07, 6.45) is 5.34. The van der Waals surface area contributed by atoms with E-state index in [4.69, 9.17) is 0 Å². The van der Waals surface area contributed by atoms with Crippen molar-refractivity contribution in [2.45, 2.75) is 38.5 Å². The SMILES string of the molecule is O=C(CCc1ccc(F)c(F)c1)N1CCCCCC1. The monoisotopic (exact) mass is 267 g/mol. The number of amides is 1. The summed E-state index contributed by atoms with van der Waals surface area (Å²) in [6, 6.07) is 3.82. The Labute approximate surface area is 112 Å². The van der Waals surface area contributed by atoms with E-state index in [9.17, 15) is 13.6 Å². The molecule has 0 bridgehead atoms. The highest BCUT2D eigenvalue weighted by atomic mass is 19.2. The quantitative estimate of drug-likeness (QED) is 0.823. The molecule has 0 atom stereocenters. The number of hydrogen-bond acceptors (Lipinski definition) is 1. The first-order valence-corrected chi connectivity index (χ1v) is 6.88. The number of benzene rings is 1. The van der Waals surface area contributed by atoms with Crippen molar-refractivity contribution in [3.63, 3.8) is 0 Å². The first-order valence-electron chi connectivity index (χ1n) is 6.88. The second-order valence-electron chi connectivity index (χ2n) is 5.04. The van der Waals surface area contributed by atoms with Crippen LogP contribution in [0.25, 0.3) is 0 Å². The lowest BCUT2D eigenvalue weighted by molar-refractivity contribution is -0.131. The molecule has 19 heavy (non-hydrogen) atoms. The third kappa shape index (κ3) is 4.01. The van der Waals surface area contributed by atoms with E-state index in [0.29, 0.717) is 18.4 Å². The van der Waals surface area contributed by atoms with Crippen LogP contribution in [0, 0.1) is 11.6 Å². The van der Waals surface area contributed by atoms with Gasteiger partial charge in [-0.3, -0.25) is 4.79 Å². The highest BCUT2D eigenvalue weighted by Crippen LogP contribution is 2.14. The molecular weight excluding hydrogens is 248 g/mol. The number of carbonyl (C=O) groups is 1. The van der Waals surface area contributed by atoms with Gasteiger partial charge in [0.25, 0.3) is 0 Å². The number of carbonyl (C=O) groups excluding carboxylic acids is 1. The smallest absolute Gasteiger partial charge is 0.222 e. The topological polar surface area (TPSA) is 20.3 Å². The maximum atomic E-state index is 13.0. The molecular formula is C15H19F2NO. The summed E-state index contributed by atoms with van der Waals surface area (Å²) in [7, 11) is 0. The lowest BCUT2D eigenvalue weighted by Gasteiger charge is -2.20. The number of rotatable bonds is 3. The second-order valence-corrected chi connectivity index (χ2v) is 5.04. The van der Waals surface area contributed by atoms with Gasteiger partial charge >= 0.3 is 0 Å². The molecule has 1 heterocycles. The van der Waals surface area contributed by atoms with Gasteiger partial charge in [0.15, 0.2) is 11.6 Å². The fraction of sp³-hybridized carbons (Fsp3) is 0.533. The van der Waals surface area contributed by atoms with Crippen LogP contribution in [0.3, 0.4) is 0 Å². The second kappa shape index (κ2) is 6.64. The number of halogens is 2. The normalized spacial score (nSPS) is 16.2. The minimum absolute atomic E-state index is 0.117. The summed E-state index contributed by atoms with van der Waals surface area (Å²) in [4.78, 5) is 13.9. The third-order valence-corrected chi connectivity index (χ3v) is 3.57. The Bertz CT molecular complexity index is 440. The lowest BCUT2D eigenvalue weighted by atomic mass is 10.1. The average Bonchev–Trinajstić information content (AvgIpc) is 2.69. The van der Waals surface area contributed by atoms with Crippen LogP contribution in [0.5, 0.6) is 0 Å². The first kappa shape index (κ1) is 14.0. The molecule has 1 aliphatic rings. The molecule has 1 amide bonds. The molecule has 0 aliphatic carbocycles. The van der Waals surface area contributed by atoms with Crippen molar-refractivity contribution in [3.8, 4) is 0 Å². The molecule has 0 unspecified atom stereocenters. The molecule has 1 fully saturated rings. The van der Waals surface area contributed by atoms with Crippen LogP contribution in [-0.2, 0) is 11.2 Å². The zero-order valence-electron chi connectivity index (χ0n) is 11.0. The zero-order valence-corrected chi connectivity index (χ0v) is 11.0. The molecule has 0 radical (unpaired) electrons. The molecule has 0 spiro atoms. The van der Waals surface area contributed by atoms with Gasteiger partial charge in [0, 0.05) is 19.5 Å². The average molecular weight is 267 g/mol. The summed E-state index contributed by atoms with van der Waals surface area (Å²) in [5.74, 6) is -1.58. The van der Waals surface area contributed by atoms with Crippen LogP contribution in [0.4, 0.5) is 8.78 Å². The van der Waals surface area contributed by atoms with E-state index >= 15 is 0 Å². The van der Waals surface area contributed by atoms with Gasteiger partial charge in [-0.05, 0) is 37.0 Å². The van der Waals surface area contributed by atoms with Gasteiger partial charge in [-0.25, -0.2) is 8.78 Å². The molecule has 2 rings (SSSR count).